The lowest BCUT2D eigenvalue weighted by Gasteiger charge is -2.35. The van der Waals surface area contributed by atoms with Gasteiger partial charge >= 0.3 is 0 Å². The molecule has 0 saturated carbocycles. The number of ether oxygens (including phenoxy) is 2. The fourth-order valence-corrected chi connectivity index (χ4v) is 4.31. The second-order valence-corrected chi connectivity index (χ2v) is 7.98. The maximum Gasteiger partial charge on any atom is 0.253 e. The van der Waals surface area contributed by atoms with Crippen LogP contribution in [0.25, 0.3) is 0 Å². The van der Waals surface area contributed by atoms with E-state index in [-0.39, 0.29) is 35.6 Å². The molecule has 2 atom stereocenters. The average Bonchev–Trinajstić information content (AvgIpc) is 3.01. The minimum absolute atomic E-state index is 0.0187. The molecule has 1 N–H and O–H groups in total. The van der Waals surface area contributed by atoms with Crippen molar-refractivity contribution in [3.8, 4) is 5.75 Å². The van der Waals surface area contributed by atoms with Crippen molar-refractivity contribution >= 4 is 17.7 Å². The SMILES string of the molecule is COc1ccc(C(=O)N2CCC(C(=O)N3C[C@H]4COC[C@@H](C3)C(=O)N4)CC2)cc1. The molecule has 4 rings (SSSR count). The number of benzene rings is 1. The molecule has 1 aromatic rings. The minimum Gasteiger partial charge on any atom is -0.497 e. The standard InChI is InChI=1S/C21H27N3O5/c1-28-18-4-2-14(3-5-18)20(26)23-8-6-15(7-9-23)21(27)24-10-16-12-29-13-17(11-24)22-19(16)25/h2-5,15-17H,6-13H2,1H3,(H,22,25)/t16-,17+/m1/s1. The number of hydrogen-bond acceptors (Lipinski definition) is 5. The molecule has 1 aromatic carbocycles. The van der Waals surface area contributed by atoms with Crippen LogP contribution in [-0.2, 0) is 14.3 Å². The molecule has 8 nitrogen and oxygen atoms in total. The number of likely N-dealkylation sites (tertiary alicyclic amines) is 1. The summed E-state index contributed by atoms with van der Waals surface area (Å²) in [5.74, 6) is 0.354. The molecule has 0 aromatic heterocycles. The number of piperidine rings is 1. The van der Waals surface area contributed by atoms with Crippen molar-refractivity contribution in [1.82, 2.24) is 15.1 Å². The molecule has 3 amide bonds. The van der Waals surface area contributed by atoms with Crippen LogP contribution in [0.5, 0.6) is 5.75 Å². The highest BCUT2D eigenvalue weighted by Gasteiger charge is 2.38. The van der Waals surface area contributed by atoms with E-state index in [1.807, 2.05) is 9.80 Å². The Kier molecular flexibility index (Phi) is 5.71. The van der Waals surface area contributed by atoms with Gasteiger partial charge in [-0.05, 0) is 37.1 Å². The van der Waals surface area contributed by atoms with E-state index in [4.69, 9.17) is 9.47 Å². The largest absolute Gasteiger partial charge is 0.497 e. The van der Waals surface area contributed by atoms with Gasteiger partial charge in [0.25, 0.3) is 5.91 Å². The zero-order valence-electron chi connectivity index (χ0n) is 16.6. The van der Waals surface area contributed by atoms with Crippen LogP contribution in [0.3, 0.4) is 0 Å². The maximum absolute atomic E-state index is 13.1. The molecule has 8 heteroatoms. The van der Waals surface area contributed by atoms with E-state index >= 15 is 0 Å². The number of carbonyl (C=O) groups excluding carboxylic acids is 3. The van der Waals surface area contributed by atoms with Crippen LogP contribution in [0.15, 0.2) is 24.3 Å². The van der Waals surface area contributed by atoms with E-state index in [0.717, 1.165) is 0 Å². The Balaban J connectivity index is 1.34. The predicted octanol–water partition coefficient (Wildman–Crippen LogP) is 0.521. The summed E-state index contributed by atoms with van der Waals surface area (Å²) in [6, 6.07) is 6.94. The van der Waals surface area contributed by atoms with Gasteiger partial charge in [-0.15, -0.1) is 0 Å². The lowest BCUT2D eigenvalue weighted by Crippen LogP contribution is -2.49. The Bertz CT molecular complexity index is 773. The molecule has 29 heavy (non-hydrogen) atoms. The van der Waals surface area contributed by atoms with E-state index in [1.54, 1.807) is 31.4 Å². The normalized spacial score (nSPS) is 25.2. The first-order valence-corrected chi connectivity index (χ1v) is 10.2. The molecule has 3 saturated heterocycles. The van der Waals surface area contributed by atoms with Crippen molar-refractivity contribution < 1.29 is 23.9 Å². The number of fused-ring (bicyclic) bond motifs is 3. The van der Waals surface area contributed by atoms with Gasteiger partial charge in [-0.2, -0.15) is 0 Å². The summed E-state index contributed by atoms with van der Waals surface area (Å²) in [6.07, 6.45) is 1.29. The summed E-state index contributed by atoms with van der Waals surface area (Å²) < 4.78 is 10.7. The molecular formula is C21H27N3O5. The number of rotatable bonds is 3. The van der Waals surface area contributed by atoms with Crippen molar-refractivity contribution in [2.45, 2.75) is 18.9 Å². The second kappa shape index (κ2) is 8.41. The summed E-state index contributed by atoms with van der Waals surface area (Å²) >= 11 is 0. The zero-order valence-corrected chi connectivity index (χ0v) is 16.6. The van der Waals surface area contributed by atoms with Crippen LogP contribution in [0.2, 0.25) is 0 Å². The third-order valence-corrected chi connectivity index (χ3v) is 6.02. The van der Waals surface area contributed by atoms with Gasteiger partial charge in [0.2, 0.25) is 11.8 Å². The summed E-state index contributed by atoms with van der Waals surface area (Å²) in [4.78, 5) is 41.6. The van der Waals surface area contributed by atoms with E-state index in [0.29, 0.717) is 63.5 Å². The first kappa shape index (κ1) is 19.7. The van der Waals surface area contributed by atoms with Crippen molar-refractivity contribution in [3.63, 3.8) is 0 Å². The van der Waals surface area contributed by atoms with E-state index < -0.39 is 0 Å². The molecule has 3 heterocycles. The van der Waals surface area contributed by atoms with Crippen molar-refractivity contribution in [1.29, 1.82) is 0 Å². The average molecular weight is 401 g/mol. The van der Waals surface area contributed by atoms with E-state index in [1.165, 1.54) is 0 Å². The molecular weight excluding hydrogens is 374 g/mol. The highest BCUT2D eigenvalue weighted by molar-refractivity contribution is 5.94. The fourth-order valence-electron chi connectivity index (χ4n) is 4.31. The summed E-state index contributed by atoms with van der Waals surface area (Å²) in [7, 11) is 1.59. The van der Waals surface area contributed by atoms with Gasteiger partial charge in [0, 0.05) is 37.7 Å². The van der Waals surface area contributed by atoms with Crippen LogP contribution in [-0.4, -0.2) is 80.1 Å². The van der Waals surface area contributed by atoms with Gasteiger partial charge in [-0.3, -0.25) is 14.4 Å². The van der Waals surface area contributed by atoms with E-state index in [9.17, 15) is 14.4 Å². The number of nitrogens with one attached hydrogen (secondary N) is 1. The predicted molar refractivity (Wildman–Crippen MR) is 104 cm³/mol. The van der Waals surface area contributed by atoms with Crippen molar-refractivity contribution in [2.24, 2.45) is 11.8 Å². The van der Waals surface area contributed by atoms with Crippen LogP contribution in [0.4, 0.5) is 0 Å². The topological polar surface area (TPSA) is 88.2 Å². The quantitative estimate of drug-likeness (QED) is 0.798. The second-order valence-electron chi connectivity index (χ2n) is 7.98. The van der Waals surface area contributed by atoms with Gasteiger partial charge < -0.3 is 24.6 Å². The third-order valence-electron chi connectivity index (χ3n) is 6.02. The lowest BCUT2D eigenvalue weighted by atomic mass is 9.94. The number of carbonyl (C=O) groups is 3. The van der Waals surface area contributed by atoms with Crippen LogP contribution < -0.4 is 10.1 Å². The highest BCUT2D eigenvalue weighted by atomic mass is 16.5. The maximum atomic E-state index is 13.1. The minimum atomic E-state index is -0.303. The summed E-state index contributed by atoms with van der Waals surface area (Å²) in [5.41, 5.74) is 0.625. The van der Waals surface area contributed by atoms with Crippen LogP contribution >= 0.6 is 0 Å². The molecule has 0 spiro atoms. The zero-order chi connectivity index (χ0) is 20.4. The Morgan fingerprint density at radius 2 is 1.79 bits per heavy atom. The van der Waals surface area contributed by atoms with Crippen LogP contribution in [0.1, 0.15) is 23.2 Å². The molecule has 3 aliphatic rings. The molecule has 3 aliphatic heterocycles. The van der Waals surface area contributed by atoms with Crippen LogP contribution in [0, 0.1) is 11.8 Å². The molecule has 0 radical (unpaired) electrons. The Labute approximate surface area is 170 Å². The molecule has 156 valence electrons. The fraction of sp³-hybridized carbons (Fsp3) is 0.571. The number of amides is 3. The van der Waals surface area contributed by atoms with Gasteiger partial charge in [0.05, 0.1) is 32.3 Å². The van der Waals surface area contributed by atoms with Crippen molar-refractivity contribution in [2.75, 3.05) is 46.5 Å². The highest BCUT2D eigenvalue weighted by Crippen LogP contribution is 2.24. The molecule has 0 unspecified atom stereocenters. The van der Waals surface area contributed by atoms with Gasteiger partial charge in [0.1, 0.15) is 5.75 Å². The first-order valence-electron chi connectivity index (χ1n) is 10.2. The number of nitrogens with zero attached hydrogens (tertiary/aromatic N) is 2. The summed E-state index contributed by atoms with van der Waals surface area (Å²) in [5, 5.41) is 2.96. The Morgan fingerprint density at radius 3 is 2.48 bits per heavy atom. The lowest BCUT2D eigenvalue weighted by molar-refractivity contribution is -0.139. The third kappa shape index (κ3) is 4.22. The number of hydrogen-bond donors (Lipinski definition) is 1. The monoisotopic (exact) mass is 401 g/mol. The molecule has 3 fully saturated rings. The molecule has 0 aliphatic carbocycles. The van der Waals surface area contributed by atoms with Gasteiger partial charge in [-0.1, -0.05) is 0 Å². The first-order chi connectivity index (χ1) is 14.0. The van der Waals surface area contributed by atoms with Gasteiger partial charge in [0.15, 0.2) is 0 Å². The summed E-state index contributed by atoms with van der Waals surface area (Å²) in [6.45, 7) is 2.82. The Morgan fingerprint density at radius 1 is 1.07 bits per heavy atom. The number of methoxy groups -OCH3 is 1. The van der Waals surface area contributed by atoms with Gasteiger partial charge in [-0.25, -0.2) is 0 Å². The Hall–Kier alpha value is -2.61. The van der Waals surface area contributed by atoms with Crippen molar-refractivity contribution in [3.05, 3.63) is 29.8 Å². The van der Waals surface area contributed by atoms with E-state index in [2.05, 4.69) is 5.32 Å². The smallest absolute Gasteiger partial charge is 0.253 e. The molecule has 2 bridgehead atoms.